The second kappa shape index (κ2) is 11.1. The summed E-state index contributed by atoms with van der Waals surface area (Å²) in [6.07, 6.45) is 0. The first-order valence-electron chi connectivity index (χ1n) is 17.3. The number of hydrogen-bond donors (Lipinski definition) is 0. The number of rotatable bonds is 3. The number of hydrogen-bond acceptors (Lipinski definition) is 0. The molecule has 0 unspecified atom stereocenters. The molecule has 8 aromatic carbocycles. The lowest BCUT2D eigenvalue weighted by Crippen LogP contribution is -2.30. The maximum Gasteiger partial charge on any atom is 0.213 e. The number of para-hydroxylation sites is 4. The topological polar surface area (TPSA) is 7.76 Å². The van der Waals surface area contributed by atoms with Gasteiger partial charge in [-0.1, -0.05) is 121 Å². The number of benzene rings is 8. The van der Waals surface area contributed by atoms with E-state index in [4.69, 9.17) is 0 Å². The Morgan fingerprint density at radius 2 is 0.540 bits per heavy atom. The van der Waals surface area contributed by atoms with Crippen LogP contribution in [0.5, 0.6) is 0 Å². The summed E-state index contributed by atoms with van der Waals surface area (Å²) in [7, 11) is 4.37. The minimum Gasteiger partial charge on any atom is -0.194 e. The predicted molar refractivity (Wildman–Crippen MR) is 210 cm³/mol. The average molecular weight is 639 g/mol. The highest BCUT2D eigenvalue weighted by Crippen LogP contribution is 2.50. The van der Waals surface area contributed by atoms with Crippen molar-refractivity contribution in [3.8, 4) is 33.4 Å². The maximum atomic E-state index is 2.37. The lowest BCUT2D eigenvalue weighted by molar-refractivity contribution is -0.617. The Hall–Kier alpha value is -6.38. The molecule has 2 aromatic heterocycles. The normalized spacial score (nSPS) is 11.8. The zero-order valence-corrected chi connectivity index (χ0v) is 28.1. The molecule has 0 atom stereocenters. The molecule has 0 bridgehead atoms. The van der Waals surface area contributed by atoms with E-state index in [1.165, 1.54) is 98.5 Å². The van der Waals surface area contributed by atoms with Crippen molar-refractivity contribution in [3.63, 3.8) is 0 Å². The molecule has 0 spiro atoms. The van der Waals surface area contributed by atoms with Crippen molar-refractivity contribution < 1.29 is 9.13 Å². The molecule has 234 valence electrons. The van der Waals surface area contributed by atoms with Gasteiger partial charge in [-0.3, -0.25) is 0 Å². The molecule has 2 nitrogen and oxygen atoms in total. The van der Waals surface area contributed by atoms with E-state index in [-0.39, 0.29) is 0 Å². The summed E-state index contributed by atoms with van der Waals surface area (Å²) in [5, 5.41) is 9.94. The van der Waals surface area contributed by atoms with E-state index < -0.39 is 0 Å². The summed E-state index contributed by atoms with van der Waals surface area (Å²) in [5.74, 6) is 0. The number of aryl methyl sites for hydroxylation is 2. The minimum atomic E-state index is 1.21. The number of nitrogens with zero attached hydrogens (tertiary/aromatic N) is 2. The first-order valence-corrected chi connectivity index (χ1v) is 17.3. The molecule has 10 rings (SSSR count). The van der Waals surface area contributed by atoms with Crippen molar-refractivity contribution in [1.82, 2.24) is 0 Å². The number of pyridine rings is 2. The summed E-state index contributed by atoms with van der Waals surface area (Å²) in [5.41, 5.74) is 12.4. The van der Waals surface area contributed by atoms with E-state index in [2.05, 4.69) is 193 Å². The molecule has 0 radical (unpaired) electrons. The minimum absolute atomic E-state index is 1.21. The Morgan fingerprint density at radius 3 is 0.880 bits per heavy atom. The molecule has 0 saturated heterocycles. The highest BCUT2D eigenvalue weighted by molar-refractivity contribution is 6.22. The lowest BCUT2D eigenvalue weighted by atomic mass is 9.81. The summed E-state index contributed by atoms with van der Waals surface area (Å²) in [6.45, 7) is 0. The van der Waals surface area contributed by atoms with Crippen molar-refractivity contribution in [1.29, 1.82) is 0 Å². The van der Waals surface area contributed by atoms with Gasteiger partial charge in [-0.25, -0.2) is 0 Å². The fourth-order valence-electron chi connectivity index (χ4n) is 8.54. The van der Waals surface area contributed by atoms with E-state index in [0.29, 0.717) is 0 Å². The molecule has 0 aliphatic heterocycles. The first-order chi connectivity index (χ1) is 24.7. The molecule has 10 aromatic rings. The van der Waals surface area contributed by atoms with Gasteiger partial charge in [-0.05, 0) is 68.1 Å². The standard InChI is InChI=1S/C48H34N2/c1-49-41-23-11-7-19-35(41)45(36-20-8-12-24-42(36)49)39-29-27-31-15-3-5-17-33(31)47(39)48-34-18-6-4-16-32(34)28-30-40(48)46-37-21-9-13-25-43(37)50(2)44-26-14-10-22-38(44)46/h3-30H,1-2H3/q+2. The van der Waals surface area contributed by atoms with E-state index in [0.717, 1.165) is 0 Å². The third kappa shape index (κ3) is 4.09. The Bertz CT molecular complexity index is 2690. The van der Waals surface area contributed by atoms with Crippen LogP contribution in [0.15, 0.2) is 170 Å². The van der Waals surface area contributed by atoms with Gasteiger partial charge in [-0.2, -0.15) is 9.13 Å². The number of aromatic nitrogens is 2. The van der Waals surface area contributed by atoms with Gasteiger partial charge in [-0.15, -0.1) is 0 Å². The van der Waals surface area contributed by atoms with E-state index in [1.54, 1.807) is 0 Å². The zero-order valence-electron chi connectivity index (χ0n) is 28.1. The second-order valence-electron chi connectivity index (χ2n) is 13.4. The molecule has 2 heteroatoms. The van der Waals surface area contributed by atoms with Crippen LogP contribution in [0.4, 0.5) is 0 Å². The van der Waals surface area contributed by atoms with Gasteiger partial charge in [0.2, 0.25) is 22.1 Å². The maximum absolute atomic E-state index is 2.37. The van der Waals surface area contributed by atoms with Gasteiger partial charge in [0.05, 0.1) is 21.5 Å². The molecule has 0 aliphatic rings. The molecule has 2 heterocycles. The Morgan fingerprint density at radius 1 is 0.260 bits per heavy atom. The van der Waals surface area contributed by atoms with Gasteiger partial charge in [0.25, 0.3) is 0 Å². The molecule has 0 aliphatic carbocycles. The third-order valence-electron chi connectivity index (χ3n) is 10.8. The molecule has 0 saturated carbocycles. The molecule has 50 heavy (non-hydrogen) atoms. The first kappa shape index (κ1) is 28.6. The molecule has 0 N–H and O–H groups in total. The monoisotopic (exact) mass is 638 g/mol. The van der Waals surface area contributed by atoms with Crippen LogP contribution >= 0.6 is 0 Å². The zero-order chi connectivity index (χ0) is 33.3. The Labute approximate surface area is 290 Å². The molecule has 0 fully saturated rings. The van der Waals surface area contributed by atoms with Crippen molar-refractivity contribution in [2.24, 2.45) is 14.1 Å². The molecular formula is C48H34N2+2. The molecule has 0 amide bonds. The van der Waals surface area contributed by atoms with Crippen LogP contribution in [-0.2, 0) is 14.1 Å². The van der Waals surface area contributed by atoms with Crippen LogP contribution in [0, 0.1) is 0 Å². The van der Waals surface area contributed by atoms with Crippen LogP contribution in [0.2, 0.25) is 0 Å². The van der Waals surface area contributed by atoms with Gasteiger partial charge >= 0.3 is 0 Å². The summed E-state index contributed by atoms with van der Waals surface area (Å²) >= 11 is 0. The van der Waals surface area contributed by atoms with E-state index in [1.807, 2.05) is 0 Å². The predicted octanol–water partition coefficient (Wildman–Crippen LogP) is 11.3. The SMILES string of the molecule is C[n+]1c2ccccc2c(-c2ccc3ccccc3c2-c2c(-c3c4ccccc4[n+](C)c4ccccc34)ccc3ccccc23)c2ccccc21. The van der Waals surface area contributed by atoms with Crippen LogP contribution in [0.25, 0.3) is 98.5 Å². The Kier molecular flexibility index (Phi) is 6.34. The second-order valence-corrected chi connectivity index (χ2v) is 13.4. The van der Waals surface area contributed by atoms with Crippen molar-refractivity contribution in [2.45, 2.75) is 0 Å². The van der Waals surface area contributed by atoms with Crippen LogP contribution in [0.1, 0.15) is 0 Å². The fraction of sp³-hybridized carbons (Fsp3) is 0.0417. The number of fused-ring (bicyclic) bond motifs is 6. The van der Waals surface area contributed by atoms with Gasteiger partial charge in [0, 0.05) is 35.4 Å². The van der Waals surface area contributed by atoms with Crippen molar-refractivity contribution in [2.75, 3.05) is 0 Å². The van der Waals surface area contributed by atoms with Crippen LogP contribution < -0.4 is 9.13 Å². The quantitative estimate of drug-likeness (QED) is 0.134. The third-order valence-corrected chi connectivity index (χ3v) is 10.8. The Balaban J connectivity index is 1.46. The largest absolute Gasteiger partial charge is 0.213 e. The van der Waals surface area contributed by atoms with Crippen molar-refractivity contribution >= 4 is 65.2 Å². The fourth-order valence-corrected chi connectivity index (χ4v) is 8.54. The lowest BCUT2D eigenvalue weighted by Gasteiger charge is -2.22. The summed E-state index contributed by atoms with van der Waals surface area (Å²) < 4.78 is 4.67. The van der Waals surface area contributed by atoms with Gasteiger partial charge in [0.15, 0.2) is 0 Å². The van der Waals surface area contributed by atoms with E-state index >= 15 is 0 Å². The smallest absolute Gasteiger partial charge is 0.194 e. The molecular weight excluding hydrogens is 605 g/mol. The van der Waals surface area contributed by atoms with E-state index in [9.17, 15) is 0 Å². The van der Waals surface area contributed by atoms with Crippen LogP contribution in [-0.4, -0.2) is 0 Å². The highest BCUT2D eigenvalue weighted by Gasteiger charge is 2.27. The average Bonchev–Trinajstić information content (AvgIpc) is 3.18. The highest BCUT2D eigenvalue weighted by atomic mass is 14.9. The van der Waals surface area contributed by atoms with Gasteiger partial charge < -0.3 is 0 Å². The van der Waals surface area contributed by atoms with Crippen LogP contribution in [0.3, 0.4) is 0 Å². The summed E-state index contributed by atoms with van der Waals surface area (Å²) in [4.78, 5) is 0. The van der Waals surface area contributed by atoms with Gasteiger partial charge in [0.1, 0.15) is 14.1 Å². The van der Waals surface area contributed by atoms with Crippen molar-refractivity contribution in [3.05, 3.63) is 170 Å². The summed E-state index contributed by atoms with van der Waals surface area (Å²) in [6, 6.07) is 62.6.